The molecule has 4 rings (SSSR count). The van der Waals surface area contributed by atoms with Gasteiger partial charge in [0.05, 0.1) is 5.69 Å². The molecule has 1 fully saturated rings. The van der Waals surface area contributed by atoms with Gasteiger partial charge in [-0.15, -0.1) is 0 Å². The normalized spacial score (nSPS) is 15.6. The number of carbonyl (C=O) groups is 3. The summed E-state index contributed by atoms with van der Waals surface area (Å²) in [4.78, 5) is 38.4. The molecule has 1 aromatic heterocycles. The van der Waals surface area contributed by atoms with Crippen LogP contribution in [0, 0.1) is 6.92 Å². The molecule has 156 valence electrons. The minimum atomic E-state index is -1.00. The molecule has 0 bridgehead atoms. The average molecular weight is 454 g/mol. The standard InChI is InChI=1S/C22H16ClN3O4S/c1-12-16(23)6-4-8-17(12)26-21(30)15(20(29)24-22(26)31)9-13-10-25(11-19(27)28)18-7-3-2-5-14(13)18/h2-10H,11H2,1H3,(H,27,28)(H,24,29,31)/b15-9-. The van der Waals surface area contributed by atoms with Crippen molar-refractivity contribution in [3.63, 3.8) is 0 Å². The van der Waals surface area contributed by atoms with E-state index in [0.717, 1.165) is 5.39 Å². The lowest BCUT2D eigenvalue weighted by molar-refractivity contribution is -0.137. The molecule has 0 unspecified atom stereocenters. The van der Waals surface area contributed by atoms with Crippen molar-refractivity contribution in [2.24, 2.45) is 0 Å². The summed E-state index contributed by atoms with van der Waals surface area (Å²) in [6.45, 7) is 1.51. The number of halogens is 1. The molecule has 2 N–H and O–H groups in total. The number of aliphatic carboxylic acids is 1. The molecule has 3 aromatic rings. The van der Waals surface area contributed by atoms with Crippen molar-refractivity contribution in [3.05, 3.63) is 70.4 Å². The second-order valence-electron chi connectivity index (χ2n) is 6.97. The number of hydrogen-bond acceptors (Lipinski definition) is 4. The second-order valence-corrected chi connectivity index (χ2v) is 7.76. The topological polar surface area (TPSA) is 91.6 Å². The second kappa shape index (κ2) is 7.98. The first kappa shape index (κ1) is 20.8. The van der Waals surface area contributed by atoms with Crippen molar-refractivity contribution in [1.82, 2.24) is 9.88 Å². The summed E-state index contributed by atoms with van der Waals surface area (Å²) in [7, 11) is 0. The summed E-state index contributed by atoms with van der Waals surface area (Å²) >= 11 is 11.4. The molecule has 0 spiro atoms. The van der Waals surface area contributed by atoms with Crippen LogP contribution >= 0.6 is 23.8 Å². The van der Waals surface area contributed by atoms with Crippen molar-refractivity contribution in [1.29, 1.82) is 0 Å². The maximum absolute atomic E-state index is 13.3. The van der Waals surface area contributed by atoms with E-state index in [9.17, 15) is 19.5 Å². The molecule has 0 aliphatic carbocycles. The summed E-state index contributed by atoms with van der Waals surface area (Å²) in [6, 6.07) is 12.3. The summed E-state index contributed by atoms with van der Waals surface area (Å²) in [5.74, 6) is -2.21. The monoisotopic (exact) mass is 453 g/mol. The highest BCUT2D eigenvalue weighted by Crippen LogP contribution is 2.30. The van der Waals surface area contributed by atoms with Crippen LogP contribution in [0.2, 0.25) is 5.02 Å². The van der Waals surface area contributed by atoms with Gasteiger partial charge in [0.1, 0.15) is 12.1 Å². The van der Waals surface area contributed by atoms with E-state index in [-0.39, 0.29) is 17.2 Å². The molecule has 2 heterocycles. The zero-order valence-electron chi connectivity index (χ0n) is 16.3. The first-order chi connectivity index (χ1) is 14.8. The van der Waals surface area contributed by atoms with Gasteiger partial charge in [-0.2, -0.15) is 0 Å². The number of aromatic nitrogens is 1. The van der Waals surface area contributed by atoms with Gasteiger partial charge in [0, 0.05) is 27.7 Å². The van der Waals surface area contributed by atoms with Gasteiger partial charge in [-0.1, -0.05) is 35.9 Å². The Morgan fingerprint density at radius 1 is 1.19 bits per heavy atom. The number of carboxylic acid groups (broad SMARTS) is 1. The van der Waals surface area contributed by atoms with E-state index in [1.165, 1.54) is 11.0 Å². The third-order valence-electron chi connectivity index (χ3n) is 5.01. The maximum Gasteiger partial charge on any atom is 0.323 e. The molecule has 0 atom stereocenters. The van der Waals surface area contributed by atoms with E-state index >= 15 is 0 Å². The molecule has 2 amide bonds. The number of carboxylic acids is 1. The number of carbonyl (C=O) groups excluding carboxylic acids is 2. The van der Waals surface area contributed by atoms with Gasteiger partial charge < -0.3 is 9.67 Å². The molecule has 1 saturated heterocycles. The highest BCUT2D eigenvalue weighted by molar-refractivity contribution is 7.80. The van der Waals surface area contributed by atoms with Crippen molar-refractivity contribution in [3.8, 4) is 0 Å². The number of benzene rings is 2. The maximum atomic E-state index is 13.3. The Morgan fingerprint density at radius 3 is 2.68 bits per heavy atom. The first-order valence-corrected chi connectivity index (χ1v) is 10.0. The smallest absolute Gasteiger partial charge is 0.323 e. The minimum Gasteiger partial charge on any atom is -0.480 e. The van der Waals surface area contributed by atoms with Gasteiger partial charge in [-0.3, -0.25) is 24.6 Å². The van der Waals surface area contributed by atoms with Gasteiger partial charge in [0.15, 0.2) is 5.11 Å². The Kier molecular flexibility index (Phi) is 5.34. The molecular weight excluding hydrogens is 438 g/mol. The lowest BCUT2D eigenvalue weighted by Crippen LogP contribution is -2.54. The molecule has 0 radical (unpaired) electrons. The Balaban J connectivity index is 1.83. The molecule has 9 heteroatoms. The van der Waals surface area contributed by atoms with Crippen LogP contribution in [0.15, 0.2) is 54.2 Å². The van der Waals surface area contributed by atoms with Crippen molar-refractivity contribution in [2.75, 3.05) is 4.90 Å². The van der Waals surface area contributed by atoms with E-state index in [1.54, 1.807) is 60.2 Å². The van der Waals surface area contributed by atoms with Crippen LogP contribution in [0.3, 0.4) is 0 Å². The van der Waals surface area contributed by atoms with Gasteiger partial charge in [0.2, 0.25) is 0 Å². The van der Waals surface area contributed by atoms with Gasteiger partial charge in [-0.25, -0.2) is 0 Å². The first-order valence-electron chi connectivity index (χ1n) is 9.24. The SMILES string of the molecule is Cc1c(Cl)cccc1N1C(=O)/C(=C\c2cn(CC(=O)O)c3ccccc23)C(=O)NC1=S. The van der Waals surface area contributed by atoms with Crippen LogP contribution < -0.4 is 10.2 Å². The number of nitrogens with zero attached hydrogens (tertiary/aromatic N) is 2. The van der Waals surface area contributed by atoms with Gasteiger partial charge in [0.25, 0.3) is 11.8 Å². The van der Waals surface area contributed by atoms with Crippen LogP contribution in [-0.4, -0.2) is 32.6 Å². The fourth-order valence-electron chi connectivity index (χ4n) is 3.54. The Morgan fingerprint density at radius 2 is 1.94 bits per heavy atom. The van der Waals surface area contributed by atoms with Crippen molar-refractivity contribution in [2.45, 2.75) is 13.5 Å². The fourth-order valence-corrected chi connectivity index (χ4v) is 3.98. The highest BCUT2D eigenvalue weighted by Gasteiger charge is 2.35. The minimum absolute atomic E-state index is 0.0363. The Labute approximate surface area is 187 Å². The van der Waals surface area contributed by atoms with Gasteiger partial charge in [-0.05, 0) is 49.0 Å². The number of anilines is 1. The lowest BCUT2D eigenvalue weighted by atomic mass is 10.1. The predicted octanol–water partition coefficient (Wildman–Crippen LogP) is 3.52. The summed E-state index contributed by atoms with van der Waals surface area (Å²) in [6.07, 6.45) is 3.06. The van der Waals surface area contributed by atoms with E-state index in [1.807, 2.05) is 0 Å². The summed E-state index contributed by atoms with van der Waals surface area (Å²) < 4.78 is 1.55. The molecule has 0 saturated carbocycles. The predicted molar refractivity (Wildman–Crippen MR) is 122 cm³/mol. The molecule has 1 aliphatic heterocycles. The van der Waals surface area contributed by atoms with E-state index in [2.05, 4.69) is 5.32 Å². The molecular formula is C22H16ClN3O4S. The van der Waals surface area contributed by atoms with Crippen LogP contribution in [0.1, 0.15) is 11.1 Å². The number of hydrogen-bond donors (Lipinski definition) is 2. The number of amides is 2. The number of rotatable bonds is 4. The Hall–Kier alpha value is -3.49. The number of para-hydroxylation sites is 1. The van der Waals surface area contributed by atoms with Crippen LogP contribution in [0.5, 0.6) is 0 Å². The third kappa shape index (κ3) is 3.71. The number of fused-ring (bicyclic) bond motifs is 1. The quantitative estimate of drug-likeness (QED) is 0.358. The van der Waals surface area contributed by atoms with Crippen LogP contribution in [-0.2, 0) is 20.9 Å². The highest BCUT2D eigenvalue weighted by atomic mass is 35.5. The largest absolute Gasteiger partial charge is 0.480 e. The van der Waals surface area contributed by atoms with Crippen molar-refractivity contribution < 1.29 is 19.5 Å². The molecule has 2 aromatic carbocycles. The summed E-state index contributed by atoms with van der Waals surface area (Å²) in [5.41, 5.74) is 2.23. The summed E-state index contributed by atoms with van der Waals surface area (Å²) in [5, 5.41) is 12.9. The van der Waals surface area contributed by atoms with Gasteiger partial charge >= 0.3 is 5.97 Å². The van der Waals surface area contributed by atoms with E-state index < -0.39 is 17.8 Å². The molecule has 31 heavy (non-hydrogen) atoms. The fraction of sp³-hybridized carbons (Fsp3) is 0.0909. The van der Waals surface area contributed by atoms with Crippen LogP contribution in [0.25, 0.3) is 17.0 Å². The zero-order chi connectivity index (χ0) is 22.3. The number of nitrogens with one attached hydrogen (secondary N) is 1. The zero-order valence-corrected chi connectivity index (χ0v) is 17.8. The molecule has 1 aliphatic rings. The van der Waals surface area contributed by atoms with Crippen molar-refractivity contribution >= 4 is 69.4 Å². The lowest BCUT2D eigenvalue weighted by Gasteiger charge is -2.30. The van der Waals surface area contributed by atoms with E-state index in [4.69, 9.17) is 23.8 Å². The molecule has 7 nitrogen and oxygen atoms in total. The third-order valence-corrected chi connectivity index (χ3v) is 5.70. The van der Waals surface area contributed by atoms with Crippen LogP contribution in [0.4, 0.5) is 5.69 Å². The Bertz CT molecular complexity index is 1310. The number of thiocarbonyl (C=S) groups is 1. The van der Waals surface area contributed by atoms with E-state index in [0.29, 0.717) is 27.4 Å². The average Bonchev–Trinajstić information content (AvgIpc) is 3.05.